The van der Waals surface area contributed by atoms with E-state index in [9.17, 15) is 13.8 Å². The van der Waals surface area contributed by atoms with Crippen molar-refractivity contribution in [1.82, 2.24) is 24.8 Å². The molecule has 0 radical (unpaired) electrons. The van der Waals surface area contributed by atoms with Gasteiger partial charge in [-0.15, -0.1) is 10.2 Å². The molecule has 39 heavy (non-hydrogen) atoms. The van der Waals surface area contributed by atoms with E-state index < -0.39 is 16.9 Å². The van der Waals surface area contributed by atoms with Crippen LogP contribution < -0.4 is 20.7 Å². The fraction of sp³-hybridized carbons (Fsp3) is 0.577. The molecule has 4 N–H and O–H groups in total. The zero-order valence-electron chi connectivity index (χ0n) is 23.0. The van der Waals surface area contributed by atoms with Crippen LogP contribution in [0.1, 0.15) is 66.8 Å². The van der Waals surface area contributed by atoms with Gasteiger partial charge in [-0.2, -0.15) is 4.98 Å². The fourth-order valence-corrected chi connectivity index (χ4v) is 4.93. The Hall–Kier alpha value is -3.16. The predicted molar refractivity (Wildman–Crippen MR) is 152 cm³/mol. The Kier molecular flexibility index (Phi) is 12.0. The molecule has 214 valence electrons. The lowest BCUT2D eigenvalue weighted by molar-refractivity contribution is 0.0303. The second kappa shape index (κ2) is 15.4. The molecule has 1 atom stereocenters. The number of ether oxygens (including phenoxy) is 1. The molecule has 2 aliphatic heterocycles. The Morgan fingerprint density at radius 2 is 1.64 bits per heavy atom. The van der Waals surface area contributed by atoms with Crippen molar-refractivity contribution in [3.63, 3.8) is 0 Å². The van der Waals surface area contributed by atoms with Crippen molar-refractivity contribution in [2.24, 2.45) is 5.73 Å². The van der Waals surface area contributed by atoms with Gasteiger partial charge in [0.25, 0.3) is 11.8 Å². The molecule has 2 aromatic rings. The summed E-state index contributed by atoms with van der Waals surface area (Å²) in [4.78, 5) is 32.7. The highest BCUT2D eigenvalue weighted by atomic mass is 32.2. The van der Waals surface area contributed by atoms with E-state index in [0.717, 1.165) is 38.8 Å². The van der Waals surface area contributed by atoms with E-state index in [2.05, 4.69) is 30.1 Å². The van der Waals surface area contributed by atoms with Gasteiger partial charge in [0, 0.05) is 42.7 Å². The summed E-state index contributed by atoms with van der Waals surface area (Å²) in [5, 5.41) is 11.6. The van der Waals surface area contributed by atoms with Crippen LogP contribution in [0.4, 0.5) is 17.5 Å². The third-order valence-electron chi connectivity index (χ3n) is 6.27. The number of anilines is 3. The number of piperidine rings is 1. The van der Waals surface area contributed by atoms with Crippen LogP contribution in [0.5, 0.6) is 0 Å². The highest BCUT2D eigenvalue weighted by molar-refractivity contribution is 7.83. The van der Waals surface area contributed by atoms with E-state index in [4.69, 9.17) is 10.5 Å². The lowest BCUT2D eigenvalue weighted by Crippen LogP contribution is -2.40. The third kappa shape index (κ3) is 8.94. The maximum Gasteiger partial charge on any atom is 0.273 e. The van der Waals surface area contributed by atoms with Crippen LogP contribution in [0.3, 0.4) is 0 Å². The Bertz CT molecular complexity index is 1100. The number of benzene rings is 1. The zero-order valence-corrected chi connectivity index (χ0v) is 23.8. The molecule has 1 unspecified atom stereocenters. The first kappa shape index (κ1) is 30.4. The van der Waals surface area contributed by atoms with Crippen LogP contribution in [0, 0.1) is 0 Å². The number of amides is 2. The number of nitrogens with zero attached hydrogens (tertiary/aromatic N) is 5. The number of carbonyl (C=O) groups is 2. The van der Waals surface area contributed by atoms with Crippen molar-refractivity contribution in [1.29, 1.82) is 0 Å². The fourth-order valence-electron chi connectivity index (χ4n) is 4.03. The largest absolute Gasteiger partial charge is 0.378 e. The maximum absolute atomic E-state index is 12.6. The summed E-state index contributed by atoms with van der Waals surface area (Å²) < 4.78 is 18.6. The highest BCUT2D eigenvalue weighted by Crippen LogP contribution is 2.24. The molecule has 1 aliphatic carbocycles. The van der Waals surface area contributed by atoms with Crippen LogP contribution in [-0.2, 0) is 15.7 Å². The molecule has 13 heteroatoms. The minimum atomic E-state index is -0.718. The van der Waals surface area contributed by atoms with Crippen LogP contribution >= 0.6 is 0 Å². The topological polar surface area (TPSA) is 156 Å². The SMILES string of the molecule is CC.CNS(=O)C1CC1.NC(=O)c1nnc(N2CCCCC2)nc1Nc1ccc(C(=O)N2CCOCC2)cc1. The molecular weight excluding hydrogens is 520 g/mol. The van der Waals surface area contributed by atoms with Gasteiger partial charge in [0.15, 0.2) is 11.5 Å². The molecule has 0 spiro atoms. The molecule has 1 aromatic carbocycles. The van der Waals surface area contributed by atoms with Gasteiger partial charge in [-0.1, -0.05) is 13.8 Å². The Balaban J connectivity index is 0.000000401. The van der Waals surface area contributed by atoms with E-state index in [-0.39, 0.29) is 17.4 Å². The molecule has 1 saturated carbocycles. The van der Waals surface area contributed by atoms with Crippen molar-refractivity contribution in [2.75, 3.05) is 56.7 Å². The minimum Gasteiger partial charge on any atom is -0.378 e. The predicted octanol–water partition coefficient (Wildman–Crippen LogP) is 2.23. The Morgan fingerprint density at radius 3 is 2.18 bits per heavy atom. The van der Waals surface area contributed by atoms with Crippen LogP contribution in [0.15, 0.2) is 24.3 Å². The van der Waals surface area contributed by atoms with Gasteiger partial charge in [0.1, 0.15) is 0 Å². The van der Waals surface area contributed by atoms with Gasteiger partial charge in [-0.05, 0) is 63.4 Å². The molecule has 1 aromatic heterocycles. The Labute approximate surface area is 232 Å². The summed E-state index contributed by atoms with van der Waals surface area (Å²) in [6.45, 7) is 8.01. The molecule has 12 nitrogen and oxygen atoms in total. The lowest BCUT2D eigenvalue weighted by atomic mass is 10.1. The number of nitrogens with one attached hydrogen (secondary N) is 2. The molecule has 5 rings (SSSR count). The number of rotatable bonds is 7. The maximum atomic E-state index is 12.6. The normalized spacial score (nSPS) is 17.6. The molecule has 3 aliphatic rings. The number of morpholine rings is 1. The van der Waals surface area contributed by atoms with Crippen LogP contribution in [0.2, 0.25) is 0 Å². The monoisotopic (exact) mass is 560 g/mol. The number of carbonyl (C=O) groups excluding carboxylic acids is 2. The van der Waals surface area contributed by atoms with E-state index in [1.165, 1.54) is 6.42 Å². The molecular formula is C26H40N8O4S. The van der Waals surface area contributed by atoms with Gasteiger partial charge in [-0.3, -0.25) is 9.59 Å². The quantitative estimate of drug-likeness (QED) is 0.462. The molecule has 2 saturated heterocycles. The summed E-state index contributed by atoms with van der Waals surface area (Å²) in [5.41, 5.74) is 6.68. The Morgan fingerprint density at radius 1 is 1.00 bits per heavy atom. The first-order chi connectivity index (χ1) is 19.0. The second-order valence-corrected chi connectivity index (χ2v) is 10.7. The molecule has 0 bridgehead atoms. The highest BCUT2D eigenvalue weighted by Gasteiger charge is 2.27. The summed E-state index contributed by atoms with van der Waals surface area (Å²) >= 11 is 0. The zero-order chi connectivity index (χ0) is 28.2. The summed E-state index contributed by atoms with van der Waals surface area (Å²) in [6, 6.07) is 7.01. The second-order valence-electron chi connectivity index (χ2n) is 9.03. The molecule has 3 fully saturated rings. The van der Waals surface area contributed by atoms with E-state index in [1.54, 1.807) is 36.2 Å². The number of primary amides is 1. The van der Waals surface area contributed by atoms with Gasteiger partial charge < -0.3 is 25.6 Å². The number of aromatic nitrogens is 3. The lowest BCUT2D eigenvalue weighted by Gasteiger charge is -2.27. The number of hydrogen-bond donors (Lipinski definition) is 3. The number of nitrogens with two attached hydrogens (primary N) is 1. The average Bonchev–Trinajstić information content (AvgIpc) is 3.85. The van der Waals surface area contributed by atoms with E-state index >= 15 is 0 Å². The first-order valence-electron chi connectivity index (χ1n) is 13.6. The first-order valence-corrected chi connectivity index (χ1v) is 14.8. The van der Waals surface area contributed by atoms with Crippen molar-refractivity contribution in [3.05, 3.63) is 35.5 Å². The smallest absolute Gasteiger partial charge is 0.273 e. The minimum absolute atomic E-state index is 0.0239. The van der Waals surface area contributed by atoms with Gasteiger partial charge in [-0.25, -0.2) is 8.93 Å². The van der Waals surface area contributed by atoms with E-state index in [1.807, 2.05) is 13.8 Å². The summed E-state index contributed by atoms with van der Waals surface area (Å²) in [7, 11) is 1.01. The van der Waals surface area contributed by atoms with Crippen LogP contribution in [-0.4, -0.2) is 87.8 Å². The molecule has 3 heterocycles. The third-order valence-corrected chi connectivity index (χ3v) is 7.75. The van der Waals surface area contributed by atoms with Crippen LogP contribution in [0.25, 0.3) is 0 Å². The summed E-state index contributed by atoms with van der Waals surface area (Å²) in [5.74, 6) is -0.00721. The van der Waals surface area contributed by atoms with Crippen molar-refractivity contribution in [3.8, 4) is 0 Å². The van der Waals surface area contributed by atoms with Crippen molar-refractivity contribution < 1.29 is 18.5 Å². The summed E-state index contributed by atoms with van der Waals surface area (Å²) in [6.07, 6.45) is 5.62. The van der Waals surface area contributed by atoms with E-state index in [0.29, 0.717) is 48.8 Å². The number of hydrogen-bond acceptors (Lipinski definition) is 9. The molecule has 2 amide bonds. The van der Waals surface area contributed by atoms with Crippen molar-refractivity contribution >= 4 is 40.3 Å². The van der Waals surface area contributed by atoms with Gasteiger partial charge in [0.05, 0.1) is 24.2 Å². The average molecular weight is 561 g/mol. The van der Waals surface area contributed by atoms with Gasteiger partial charge in [0.2, 0.25) is 5.95 Å². The van der Waals surface area contributed by atoms with Crippen molar-refractivity contribution in [2.45, 2.75) is 51.2 Å². The van der Waals surface area contributed by atoms with Gasteiger partial charge >= 0.3 is 0 Å². The standard InChI is InChI=1S/C20H25N7O3.C4H9NOS.C2H6/c21-17(28)16-18(23-20(25-24-16)27-8-2-1-3-9-27)22-15-6-4-14(5-7-15)19(29)26-10-12-30-13-11-26;1-5-7(6)4-2-3-4;1-2/h4-7H,1-3,8-13H2,(H2,21,28)(H,22,23,25);4-5H,2-3H2,1H3;1-2H3.